The van der Waals surface area contributed by atoms with Gasteiger partial charge in [0, 0.05) is 17.1 Å². The number of rotatable bonds is 5. The third-order valence-corrected chi connectivity index (χ3v) is 3.37. The second kappa shape index (κ2) is 6.69. The van der Waals surface area contributed by atoms with Crippen LogP contribution in [0.5, 0.6) is 0 Å². The minimum atomic E-state index is 0.108. The molecular weight excluding hydrogens is 270 g/mol. The summed E-state index contributed by atoms with van der Waals surface area (Å²) in [5.41, 5.74) is 3.15. The minimum absolute atomic E-state index is 0.108. The standard InChI is InChI=1S/C17H18ClNO/c1-13-4-3-5-14(10-13)11-19(2)12-17(20)15-6-8-16(18)9-7-15/h3-10H,11-12H2,1-2H3. The first-order valence-corrected chi connectivity index (χ1v) is 6.95. The molecule has 0 spiro atoms. The SMILES string of the molecule is Cc1cccc(CN(C)CC(=O)c2ccc(Cl)cc2)c1. The first-order chi connectivity index (χ1) is 9.54. The third kappa shape index (κ3) is 4.19. The lowest BCUT2D eigenvalue weighted by Gasteiger charge is -2.16. The fraction of sp³-hybridized carbons (Fsp3) is 0.235. The Bertz CT molecular complexity index is 592. The molecule has 0 amide bonds. The highest BCUT2D eigenvalue weighted by Crippen LogP contribution is 2.11. The van der Waals surface area contributed by atoms with E-state index in [1.54, 1.807) is 24.3 Å². The van der Waals surface area contributed by atoms with Crippen molar-refractivity contribution in [3.63, 3.8) is 0 Å². The second-order valence-electron chi connectivity index (χ2n) is 5.09. The lowest BCUT2D eigenvalue weighted by Crippen LogP contribution is -2.25. The van der Waals surface area contributed by atoms with E-state index in [0.29, 0.717) is 17.1 Å². The van der Waals surface area contributed by atoms with Crippen LogP contribution in [0.2, 0.25) is 5.02 Å². The molecule has 104 valence electrons. The van der Waals surface area contributed by atoms with Crippen molar-refractivity contribution in [3.8, 4) is 0 Å². The molecule has 2 rings (SSSR count). The summed E-state index contributed by atoms with van der Waals surface area (Å²) in [6.45, 7) is 3.24. The fourth-order valence-corrected chi connectivity index (χ4v) is 2.28. The quantitative estimate of drug-likeness (QED) is 0.776. The van der Waals surface area contributed by atoms with Crippen molar-refractivity contribution >= 4 is 17.4 Å². The van der Waals surface area contributed by atoms with E-state index >= 15 is 0 Å². The summed E-state index contributed by atoms with van der Waals surface area (Å²) in [5, 5.41) is 0.648. The molecule has 0 aliphatic rings. The van der Waals surface area contributed by atoms with Crippen LogP contribution in [0.15, 0.2) is 48.5 Å². The molecule has 20 heavy (non-hydrogen) atoms. The number of hydrogen-bond acceptors (Lipinski definition) is 2. The van der Waals surface area contributed by atoms with Gasteiger partial charge in [-0.3, -0.25) is 9.69 Å². The maximum absolute atomic E-state index is 12.1. The van der Waals surface area contributed by atoms with Crippen molar-refractivity contribution in [1.82, 2.24) is 4.90 Å². The van der Waals surface area contributed by atoms with Gasteiger partial charge in [0.2, 0.25) is 0 Å². The molecule has 2 aromatic carbocycles. The van der Waals surface area contributed by atoms with Crippen molar-refractivity contribution in [1.29, 1.82) is 0 Å². The molecule has 0 aromatic heterocycles. The van der Waals surface area contributed by atoms with E-state index in [0.717, 1.165) is 6.54 Å². The maximum atomic E-state index is 12.1. The molecule has 0 heterocycles. The van der Waals surface area contributed by atoms with Gasteiger partial charge in [0.25, 0.3) is 0 Å². The van der Waals surface area contributed by atoms with Crippen LogP contribution in [0.3, 0.4) is 0 Å². The van der Waals surface area contributed by atoms with E-state index in [9.17, 15) is 4.79 Å². The molecule has 2 aromatic rings. The zero-order valence-corrected chi connectivity index (χ0v) is 12.5. The average molecular weight is 288 g/mol. The molecule has 0 unspecified atom stereocenters. The Morgan fingerprint density at radius 1 is 1.15 bits per heavy atom. The fourth-order valence-electron chi connectivity index (χ4n) is 2.15. The minimum Gasteiger partial charge on any atom is -0.295 e. The van der Waals surface area contributed by atoms with Crippen LogP contribution in [0.1, 0.15) is 21.5 Å². The number of carbonyl (C=O) groups excluding carboxylic acids is 1. The van der Waals surface area contributed by atoms with E-state index in [1.165, 1.54) is 11.1 Å². The maximum Gasteiger partial charge on any atom is 0.176 e. The lowest BCUT2D eigenvalue weighted by molar-refractivity contribution is 0.0943. The monoisotopic (exact) mass is 287 g/mol. The number of halogens is 1. The van der Waals surface area contributed by atoms with Crippen LogP contribution < -0.4 is 0 Å². The van der Waals surface area contributed by atoms with Crippen LogP contribution in [-0.2, 0) is 6.54 Å². The van der Waals surface area contributed by atoms with Crippen molar-refractivity contribution in [3.05, 3.63) is 70.2 Å². The molecule has 2 nitrogen and oxygen atoms in total. The molecule has 0 N–H and O–H groups in total. The van der Waals surface area contributed by atoms with Gasteiger partial charge in [0.15, 0.2) is 5.78 Å². The molecule has 0 fully saturated rings. The van der Waals surface area contributed by atoms with E-state index in [1.807, 2.05) is 18.0 Å². The smallest absolute Gasteiger partial charge is 0.176 e. The van der Waals surface area contributed by atoms with Crippen LogP contribution >= 0.6 is 11.6 Å². The van der Waals surface area contributed by atoms with Gasteiger partial charge < -0.3 is 0 Å². The summed E-state index contributed by atoms with van der Waals surface area (Å²) in [6, 6.07) is 15.4. The van der Waals surface area contributed by atoms with E-state index in [4.69, 9.17) is 11.6 Å². The normalized spacial score (nSPS) is 10.8. The number of Topliss-reactive ketones (excluding diaryl/α,β-unsaturated/α-hetero) is 1. The molecule has 0 radical (unpaired) electrons. The summed E-state index contributed by atoms with van der Waals surface area (Å²) >= 11 is 5.82. The van der Waals surface area contributed by atoms with Gasteiger partial charge in [-0.15, -0.1) is 0 Å². The summed E-state index contributed by atoms with van der Waals surface area (Å²) in [4.78, 5) is 14.2. The number of benzene rings is 2. The number of carbonyl (C=O) groups is 1. The number of ketones is 1. The van der Waals surface area contributed by atoms with Crippen molar-refractivity contribution in [2.45, 2.75) is 13.5 Å². The number of likely N-dealkylation sites (N-methyl/N-ethyl adjacent to an activating group) is 1. The highest BCUT2D eigenvalue weighted by Gasteiger charge is 2.09. The second-order valence-corrected chi connectivity index (χ2v) is 5.53. The van der Waals surface area contributed by atoms with Crippen molar-refractivity contribution in [2.75, 3.05) is 13.6 Å². The van der Waals surface area contributed by atoms with Gasteiger partial charge in [-0.1, -0.05) is 41.4 Å². The predicted octanol–water partition coefficient (Wildman–Crippen LogP) is 3.96. The van der Waals surface area contributed by atoms with Crippen LogP contribution in [0.4, 0.5) is 0 Å². The molecule has 0 bridgehead atoms. The predicted molar refractivity (Wildman–Crippen MR) is 83.3 cm³/mol. The zero-order chi connectivity index (χ0) is 14.5. The number of nitrogens with zero attached hydrogens (tertiary/aromatic N) is 1. The Hall–Kier alpha value is -1.64. The largest absolute Gasteiger partial charge is 0.295 e. The van der Waals surface area contributed by atoms with Gasteiger partial charge in [-0.05, 0) is 43.8 Å². The Balaban J connectivity index is 1.95. The molecule has 0 atom stereocenters. The summed E-state index contributed by atoms with van der Waals surface area (Å²) in [7, 11) is 1.95. The Kier molecular flexibility index (Phi) is 4.94. The third-order valence-electron chi connectivity index (χ3n) is 3.11. The topological polar surface area (TPSA) is 20.3 Å². The lowest BCUT2D eigenvalue weighted by atomic mass is 10.1. The Morgan fingerprint density at radius 2 is 1.85 bits per heavy atom. The first-order valence-electron chi connectivity index (χ1n) is 6.57. The molecule has 3 heteroatoms. The van der Waals surface area contributed by atoms with Gasteiger partial charge in [-0.25, -0.2) is 0 Å². The van der Waals surface area contributed by atoms with Crippen molar-refractivity contribution in [2.24, 2.45) is 0 Å². The molecular formula is C17H18ClNO. The number of aryl methyl sites for hydroxylation is 1. The number of hydrogen-bond donors (Lipinski definition) is 0. The highest BCUT2D eigenvalue weighted by molar-refractivity contribution is 6.30. The highest BCUT2D eigenvalue weighted by atomic mass is 35.5. The molecule has 0 saturated heterocycles. The first kappa shape index (κ1) is 14.8. The van der Waals surface area contributed by atoms with Gasteiger partial charge in [0.1, 0.15) is 0 Å². The summed E-state index contributed by atoms with van der Waals surface area (Å²) in [6.07, 6.45) is 0. The summed E-state index contributed by atoms with van der Waals surface area (Å²) < 4.78 is 0. The average Bonchev–Trinajstić information content (AvgIpc) is 2.39. The van der Waals surface area contributed by atoms with Crippen molar-refractivity contribution < 1.29 is 4.79 Å². The van der Waals surface area contributed by atoms with Crippen LogP contribution in [0, 0.1) is 6.92 Å². The molecule has 0 aliphatic carbocycles. The molecule has 0 saturated carbocycles. The van der Waals surface area contributed by atoms with Gasteiger partial charge in [-0.2, -0.15) is 0 Å². The van der Waals surface area contributed by atoms with E-state index < -0.39 is 0 Å². The van der Waals surface area contributed by atoms with E-state index in [-0.39, 0.29) is 5.78 Å². The van der Waals surface area contributed by atoms with Crippen LogP contribution in [-0.4, -0.2) is 24.3 Å². The summed E-state index contributed by atoms with van der Waals surface area (Å²) in [5.74, 6) is 0.108. The Morgan fingerprint density at radius 3 is 2.50 bits per heavy atom. The zero-order valence-electron chi connectivity index (χ0n) is 11.8. The van der Waals surface area contributed by atoms with Gasteiger partial charge >= 0.3 is 0 Å². The molecule has 0 aliphatic heterocycles. The van der Waals surface area contributed by atoms with Gasteiger partial charge in [0.05, 0.1) is 6.54 Å². The Labute approximate surface area is 125 Å². The van der Waals surface area contributed by atoms with E-state index in [2.05, 4.69) is 25.1 Å². The van der Waals surface area contributed by atoms with Crippen LogP contribution in [0.25, 0.3) is 0 Å².